The molecule has 0 bridgehead atoms. The van der Waals surface area contributed by atoms with Crippen LogP contribution in [-0.4, -0.2) is 15.8 Å². The number of carbonyl (C=O) groups excluding carboxylic acids is 1. The van der Waals surface area contributed by atoms with Crippen LogP contribution < -0.4 is 4.74 Å². The van der Waals surface area contributed by atoms with Gasteiger partial charge in [0.1, 0.15) is 0 Å². The van der Waals surface area contributed by atoms with E-state index in [-0.39, 0.29) is 22.1 Å². The van der Waals surface area contributed by atoms with Gasteiger partial charge in [0.15, 0.2) is 17.3 Å². The van der Waals surface area contributed by atoms with Gasteiger partial charge < -0.3 is 9.84 Å². The van der Waals surface area contributed by atoms with Crippen LogP contribution in [0.4, 0.5) is 5.69 Å². The fourth-order valence-corrected chi connectivity index (χ4v) is 2.68. The number of phenolic OH excluding ortho intramolecular Hbond substituents is 1. The molecule has 0 amide bonds. The second-order valence-electron chi connectivity index (χ2n) is 4.71. The molecule has 3 rings (SSSR count). The normalized spacial score (nSPS) is 14.7. The molecule has 0 aromatic heterocycles. The number of fused-ring (bicyclic) bond motifs is 1. The fraction of sp³-hybridized carbons (Fsp3) is 0. The average molecular weight is 352 g/mol. The van der Waals surface area contributed by atoms with Gasteiger partial charge in [-0.25, -0.2) is 0 Å². The fourth-order valence-electron chi connectivity index (χ4n) is 2.14. The summed E-state index contributed by atoms with van der Waals surface area (Å²) in [6.45, 7) is 0. The summed E-state index contributed by atoms with van der Waals surface area (Å²) < 4.78 is 5.43. The molecule has 1 heterocycles. The molecule has 1 aliphatic rings. The Morgan fingerprint density at radius 2 is 1.96 bits per heavy atom. The summed E-state index contributed by atoms with van der Waals surface area (Å²) in [5, 5.41) is 20.8. The van der Waals surface area contributed by atoms with Crippen LogP contribution in [0, 0.1) is 10.1 Å². The minimum Gasteiger partial charge on any atom is -0.502 e. The number of phenols is 1. The second kappa shape index (κ2) is 5.57. The number of nitrogens with zero attached hydrogens (tertiary/aromatic N) is 1. The van der Waals surface area contributed by atoms with E-state index in [2.05, 4.69) is 0 Å². The van der Waals surface area contributed by atoms with Crippen LogP contribution in [0.5, 0.6) is 11.5 Å². The van der Waals surface area contributed by atoms with Crippen molar-refractivity contribution in [3.05, 3.63) is 67.4 Å². The lowest BCUT2D eigenvalue weighted by Crippen LogP contribution is -1.98. The maximum Gasteiger partial charge on any atom is 0.311 e. The first-order chi connectivity index (χ1) is 10.9. The zero-order valence-electron chi connectivity index (χ0n) is 11.2. The van der Waals surface area contributed by atoms with Crippen molar-refractivity contribution < 1.29 is 19.6 Å². The Hall–Kier alpha value is -2.57. The first kappa shape index (κ1) is 15.3. The van der Waals surface area contributed by atoms with E-state index < -0.39 is 22.1 Å². The molecule has 23 heavy (non-hydrogen) atoms. The van der Waals surface area contributed by atoms with Crippen LogP contribution in [0.25, 0.3) is 6.08 Å². The number of rotatable bonds is 2. The summed E-state index contributed by atoms with van der Waals surface area (Å²) in [4.78, 5) is 22.4. The van der Waals surface area contributed by atoms with Crippen molar-refractivity contribution in [3.8, 4) is 11.5 Å². The van der Waals surface area contributed by atoms with Crippen molar-refractivity contribution in [2.75, 3.05) is 0 Å². The molecule has 116 valence electrons. The molecule has 0 unspecified atom stereocenters. The van der Waals surface area contributed by atoms with Crippen LogP contribution in [-0.2, 0) is 0 Å². The first-order valence-electron chi connectivity index (χ1n) is 6.27. The molecular weight excluding hydrogens is 345 g/mol. The molecule has 2 aromatic carbocycles. The SMILES string of the molecule is O=C1C(=Cc2ccc(O)c([N+](=O)[O-])c2)Oc2c(Cl)cc(Cl)cc21. The molecule has 0 aliphatic carbocycles. The highest BCUT2D eigenvalue weighted by Gasteiger charge is 2.30. The molecule has 1 N–H and O–H groups in total. The van der Waals surface area contributed by atoms with Gasteiger partial charge in [0.05, 0.1) is 15.5 Å². The van der Waals surface area contributed by atoms with Crippen LogP contribution >= 0.6 is 23.2 Å². The highest BCUT2D eigenvalue weighted by atomic mass is 35.5. The number of Topliss-reactive ketones (excluding diaryl/α,β-unsaturated/α-hetero) is 1. The Morgan fingerprint density at radius 3 is 2.65 bits per heavy atom. The third kappa shape index (κ3) is 2.74. The van der Waals surface area contributed by atoms with Gasteiger partial charge >= 0.3 is 5.69 Å². The predicted molar refractivity (Wildman–Crippen MR) is 84.2 cm³/mol. The molecule has 2 aromatic rings. The van der Waals surface area contributed by atoms with E-state index in [1.807, 2.05) is 0 Å². The van der Waals surface area contributed by atoms with Gasteiger partial charge in [0, 0.05) is 11.1 Å². The van der Waals surface area contributed by atoms with E-state index in [4.69, 9.17) is 27.9 Å². The Kier molecular flexibility index (Phi) is 3.71. The largest absolute Gasteiger partial charge is 0.502 e. The number of allylic oxidation sites excluding steroid dienone is 1. The average Bonchev–Trinajstić information content (AvgIpc) is 2.78. The van der Waals surface area contributed by atoms with Crippen molar-refractivity contribution in [2.45, 2.75) is 0 Å². The Balaban J connectivity index is 2.03. The lowest BCUT2D eigenvalue weighted by Gasteiger charge is -2.01. The summed E-state index contributed by atoms with van der Waals surface area (Å²) >= 11 is 11.8. The highest BCUT2D eigenvalue weighted by molar-refractivity contribution is 6.37. The van der Waals surface area contributed by atoms with Gasteiger partial charge in [-0.1, -0.05) is 29.3 Å². The van der Waals surface area contributed by atoms with E-state index in [9.17, 15) is 20.0 Å². The molecule has 0 fully saturated rings. The third-order valence-electron chi connectivity index (χ3n) is 3.18. The minimum absolute atomic E-state index is 0.0378. The quantitative estimate of drug-likeness (QED) is 0.496. The van der Waals surface area contributed by atoms with Gasteiger partial charge in [-0.15, -0.1) is 0 Å². The summed E-state index contributed by atoms with van der Waals surface area (Å²) in [6.07, 6.45) is 1.33. The Bertz CT molecular complexity index is 892. The van der Waals surface area contributed by atoms with E-state index in [1.165, 1.54) is 30.3 Å². The van der Waals surface area contributed by atoms with Crippen LogP contribution in [0.2, 0.25) is 10.0 Å². The van der Waals surface area contributed by atoms with E-state index >= 15 is 0 Å². The van der Waals surface area contributed by atoms with Crippen molar-refractivity contribution in [3.63, 3.8) is 0 Å². The zero-order valence-corrected chi connectivity index (χ0v) is 12.8. The maximum atomic E-state index is 12.3. The number of ketones is 1. The smallest absolute Gasteiger partial charge is 0.311 e. The van der Waals surface area contributed by atoms with Crippen molar-refractivity contribution in [1.29, 1.82) is 0 Å². The standard InChI is InChI=1S/C15H7Cl2NO5/c16-8-5-9-14(20)13(23-15(9)10(17)6-8)4-7-1-2-12(19)11(3-7)18(21)22/h1-6,19H. The van der Waals surface area contributed by atoms with Crippen LogP contribution in [0.3, 0.4) is 0 Å². The summed E-state index contributed by atoms with van der Waals surface area (Å²) in [6, 6.07) is 6.61. The first-order valence-corrected chi connectivity index (χ1v) is 7.03. The maximum absolute atomic E-state index is 12.3. The van der Waals surface area contributed by atoms with Gasteiger partial charge in [-0.05, 0) is 29.8 Å². The number of hydrogen-bond acceptors (Lipinski definition) is 5. The Labute approximate surface area is 139 Å². The van der Waals surface area contributed by atoms with Crippen LogP contribution in [0.1, 0.15) is 15.9 Å². The number of benzene rings is 2. The number of hydrogen-bond donors (Lipinski definition) is 1. The van der Waals surface area contributed by atoms with Gasteiger partial charge in [-0.3, -0.25) is 14.9 Å². The minimum atomic E-state index is -0.722. The van der Waals surface area contributed by atoms with Crippen LogP contribution in [0.15, 0.2) is 36.1 Å². The van der Waals surface area contributed by atoms with Gasteiger partial charge in [0.25, 0.3) is 0 Å². The number of nitro groups is 1. The molecule has 0 radical (unpaired) electrons. The third-order valence-corrected chi connectivity index (χ3v) is 3.68. The predicted octanol–water partition coefficient (Wildman–Crippen LogP) is 4.22. The second-order valence-corrected chi connectivity index (χ2v) is 5.55. The summed E-state index contributed by atoms with van der Waals surface area (Å²) in [5.41, 5.74) is 0.0818. The van der Waals surface area contributed by atoms with E-state index in [0.717, 1.165) is 6.07 Å². The monoisotopic (exact) mass is 351 g/mol. The topological polar surface area (TPSA) is 89.7 Å². The number of carbonyl (C=O) groups is 1. The molecule has 0 saturated heterocycles. The lowest BCUT2D eigenvalue weighted by atomic mass is 10.1. The van der Waals surface area contributed by atoms with Crippen molar-refractivity contribution in [2.24, 2.45) is 0 Å². The Morgan fingerprint density at radius 1 is 1.22 bits per heavy atom. The summed E-state index contributed by atoms with van der Waals surface area (Å²) in [5.74, 6) is -0.737. The number of aromatic hydroxyl groups is 1. The molecule has 0 saturated carbocycles. The van der Waals surface area contributed by atoms with Gasteiger partial charge in [-0.2, -0.15) is 0 Å². The zero-order chi connectivity index (χ0) is 16.7. The van der Waals surface area contributed by atoms with Crippen molar-refractivity contribution in [1.82, 2.24) is 0 Å². The molecule has 8 heteroatoms. The summed E-state index contributed by atoms with van der Waals surface area (Å²) in [7, 11) is 0. The highest BCUT2D eigenvalue weighted by Crippen LogP contribution is 2.40. The molecular formula is C15H7Cl2NO5. The van der Waals surface area contributed by atoms with E-state index in [0.29, 0.717) is 10.6 Å². The number of ether oxygens (including phenoxy) is 1. The molecule has 6 nitrogen and oxygen atoms in total. The molecule has 0 atom stereocenters. The lowest BCUT2D eigenvalue weighted by molar-refractivity contribution is -0.385. The van der Waals surface area contributed by atoms with Crippen molar-refractivity contribution >= 4 is 40.7 Å². The number of halogens is 2. The van der Waals surface area contributed by atoms with Gasteiger partial charge in [0.2, 0.25) is 5.78 Å². The molecule has 1 aliphatic heterocycles. The molecule has 0 spiro atoms. The van der Waals surface area contributed by atoms with E-state index in [1.54, 1.807) is 0 Å². The number of nitro benzene ring substituents is 1.